The van der Waals surface area contributed by atoms with Crippen molar-refractivity contribution >= 4 is 63.7 Å². The summed E-state index contributed by atoms with van der Waals surface area (Å²) in [6.07, 6.45) is 4.55. The van der Waals surface area contributed by atoms with Crippen LogP contribution in [0.1, 0.15) is 11.3 Å². The summed E-state index contributed by atoms with van der Waals surface area (Å²) in [6.45, 7) is 0.431. The molecule has 0 aliphatic rings. The number of carbonyl (C=O) groups excluding carboxylic acids is 1. The van der Waals surface area contributed by atoms with Crippen LogP contribution in [-0.4, -0.2) is 21.0 Å². The number of carbonyl (C=O) groups is 1. The lowest BCUT2D eigenvalue weighted by atomic mass is 10.1. The Bertz CT molecular complexity index is 1590. The average molecular weight is 549 g/mol. The standard InChI is InChI=1S/C27H18Cl2N4O3S/c28-20-4-1-3-19(24(20)29)21-12-10-18(35-21)11-13-23(34)32-27(37)31-15-16-6-8-17(9-7-16)26-33-25-22(36-26)5-2-14-30-25/h1-14H,15H2,(H2,31,32,34,37)/b13-11+. The lowest BCUT2D eigenvalue weighted by Crippen LogP contribution is -2.37. The van der Waals surface area contributed by atoms with Crippen molar-refractivity contribution in [3.63, 3.8) is 0 Å². The number of fused-ring (bicyclic) bond motifs is 1. The summed E-state index contributed by atoms with van der Waals surface area (Å²) in [5.74, 6) is 1.14. The van der Waals surface area contributed by atoms with Crippen LogP contribution in [0.15, 0.2) is 87.8 Å². The van der Waals surface area contributed by atoms with Gasteiger partial charge in [0, 0.05) is 29.9 Å². The Labute approximate surface area is 227 Å². The molecular weight excluding hydrogens is 531 g/mol. The zero-order chi connectivity index (χ0) is 25.8. The van der Waals surface area contributed by atoms with E-state index in [-0.39, 0.29) is 5.11 Å². The fraction of sp³-hybridized carbons (Fsp3) is 0.0370. The van der Waals surface area contributed by atoms with Crippen molar-refractivity contribution in [2.75, 3.05) is 0 Å². The van der Waals surface area contributed by atoms with Gasteiger partial charge in [0.2, 0.25) is 11.8 Å². The Hall–Kier alpha value is -3.98. The molecule has 0 aliphatic heterocycles. The van der Waals surface area contributed by atoms with Crippen LogP contribution in [0.2, 0.25) is 10.0 Å². The molecule has 0 saturated heterocycles. The van der Waals surface area contributed by atoms with Crippen LogP contribution < -0.4 is 10.6 Å². The number of hydrogen-bond acceptors (Lipinski definition) is 6. The summed E-state index contributed by atoms with van der Waals surface area (Å²) in [6, 6.07) is 20.1. The summed E-state index contributed by atoms with van der Waals surface area (Å²) < 4.78 is 11.5. The molecule has 3 heterocycles. The fourth-order valence-corrected chi connectivity index (χ4v) is 4.04. The summed E-state index contributed by atoms with van der Waals surface area (Å²) >= 11 is 17.5. The molecule has 0 atom stereocenters. The molecule has 37 heavy (non-hydrogen) atoms. The molecular formula is C27H18Cl2N4O3S. The van der Waals surface area contributed by atoms with Gasteiger partial charge in [-0.3, -0.25) is 10.1 Å². The maximum Gasteiger partial charge on any atom is 0.250 e. The van der Waals surface area contributed by atoms with Gasteiger partial charge in [0.25, 0.3) is 0 Å². The van der Waals surface area contributed by atoms with Crippen molar-refractivity contribution in [2.24, 2.45) is 0 Å². The quantitative estimate of drug-likeness (QED) is 0.181. The molecule has 0 aliphatic carbocycles. The van der Waals surface area contributed by atoms with Gasteiger partial charge in [-0.25, -0.2) is 4.98 Å². The van der Waals surface area contributed by atoms with Crippen LogP contribution >= 0.6 is 35.4 Å². The number of nitrogens with zero attached hydrogens (tertiary/aromatic N) is 2. The second-order valence-electron chi connectivity index (χ2n) is 7.85. The van der Waals surface area contributed by atoms with E-state index in [2.05, 4.69) is 20.6 Å². The number of rotatable bonds is 6. The van der Waals surface area contributed by atoms with E-state index in [1.165, 1.54) is 6.08 Å². The van der Waals surface area contributed by atoms with Crippen LogP contribution in [-0.2, 0) is 11.3 Å². The Kier molecular flexibility index (Phi) is 7.32. The van der Waals surface area contributed by atoms with Crippen molar-refractivity contribution in [3.8, 4) is 22.8 Å². The van der Waals surface area contributed by atoms with Gasteiger partial charge in [-0.1, -0.05) is 41.4 Å². The van der Waals surface area contributed by atoms with E-state index in [1.807, 2.05) is 30.3 Å². The minimum absolute atomic E-state index is 0.203. The van der Waals surface area contributed by atoms with Crippen LogP contribution in [0, 0.1) is 0 Å². The highest BCUT2D eigenvalue weighted by molar-refractivity contribution is 7.80. The molecule has 7 nitrogen and oxygen atoms in total. The van der Waals surface area contributed by atoms with Gasteiger partial charge >= 0.3 is 0 Å². The lowest BCUT2D eigenvalue weighted by molar-refractivity contribution is -0.115. The number of hydrogen-bond donors (Lipinski definition) is 2. The van der Waals surface area contributed by atoms with Crippen molar-refractivity contribution < 1.29 is 13.6 Å². The van der Waals surface area contributed by atoms with Crippen LogP contribution in [0.3, 0.4) is 0 Å². The molecule has 0 fully saturated rings. The fourth-order valence-electron chi connectivity index (χ4n) is 3.48. The largest absolute Gasteiger partial charge is 0.457 e. The lowest BCUT2D eigenvalue weighted by Gasteiger charge is -2.08. The first-order chi connectivity index (χ1) is 18.0. The van der Waals surface area contributed by atoms with Crippen molar-refractivity contribution in [3.05, 3.63) is 100 Å². The zero-order valence-electron chi connectivity index (χ0n) is 19.1. The predicted molar refractivity (Wildman–Crippen MR) is 148 cm³/mol. The van der Waals surface area contributed by atoms with E-state index >= 15 is 0 Å². The Morgan fingerprint density at radius 1 is 1.00 bits per heavy atom. The molecule has 2 N–H and O–H groups in total. The zero-order valence-corrected chi connectivity index (χ0v) is 21.4. The third-order valence-electron chi connectivity index (χ3n) is 5.30. The highest BCUT2D eigenvalue weighted by atomic mass is 35.5. The molecule has 5 aromatic rings. The maximum atomic E-state index is 12.3. The van der Waals surface area contributed by atoms with Gasteiger partial charge < -0.3 is 14.2 Å². The molecule has 0 bridgehead atoms. The van der Waals surface area contributed by atoms with Crippen molar-refractivity contribution in [1.82, 2.24) is 20.6 Å². The summed E-state index contributed by atoms with van der Waals surface area (Å²) in [5, 5.41) is 6.66. The molecule has 1 amide bonds. The first kappa shape index (κ1) is 24.7. The minimum atomic E-state index is -0.392. The highest BCUT2D eigenvalue weighted by Gasteiger charge is 2.11. The number of furan rings is 1. The van der Waals surface area contributed by atoms with Crippen LogP contribution in [0.25, 0.3) is 40.1 Å². The number of benzene rings is 2. The minimum Gasteiger partial charge on any atom is -0.457 e. The first-order valence-corrected chi connectivity index (χ1v) is 12.2. The van der Waals surface area contributed by atoms with E-state index in [0.29, 0.717) is 50.8 Å². The number of oxazole rings is 1. The predicted octanol–water partition coefficient (Wildman–Crippen LogP) is 6.66. The molecule has 0 radical (unpaired) electrons. The molecule has 0 unspecified atom stereocenters. The summed E-state index contributed by atoms with van der Waals surface area (Å²) in [5.41, 5.74) is 3.67. The van der Waals surface area contributed by atoms with Crippen LogP contribution in [0.4, 0.5) is 0 Å². The summed E-state index contributed by atoms with van der Waals surface area (Å²) in [4.78, 5) is 20.8. The number of halogens is 2. The van der Waals surface area contributed by atoms with Gasteiger partial charge in [-0.05, 0) is 72.4 Å². The van der Waals surface area contributed by atoms with Gasteiger partial charge in [-0.2, -0.15) is 4.98 Å². The molecule has 0 saturated carbocycles. The molecule has 2 aromatic carbocycles. The molecule has 184 valence electrons. The van der Waals surface area contributed by atoms with E-state index in [1.54, 1.807) is 48.7 Å². The Morgan fingerprint density at radius 2 is 1.84 bits per heavy atom. The number of thiocarbonyl (C=S) groups is 1. The maximum absolute atomic E-state index is 12.3. The first-order valence-electron chi connectivity index (χ1n) is 11.1. The normalized spacial score (nSPS) is 11.2. The number of nitrogens with one attached hydrogen (secondary N) is 2. The number of amides is 1. The highest BCUT2D eigenvalue weighted by Crippen LogP contribution is 2.34. The van der Waals surface area contributed by atoms with Gasteiger partial charge in [0.1, 0.15) is 11.5 Å². The molecule has 3 aromatic heterocycles. The van der Waals surface area contributed by atoms with E-state index in [0.717, 1.165) is 11.1 Å². The van der Waals surface area contributed by atoms with Gasteiger partial charge in [-0.15, -0.1) is 0 Å². The second kappa shape index (κ2) is 11.0. The van der Waals surface area contributed by atoms with Crippen molar-refractivity contribution in [2.45, 2.75) is 6.54 Å². The third-order valence-corrected chi connectivity index (χ3v) is 6.36. The monoisotopic (exact) mass is 548 g/mol. The number of pyridine rings is 1. The number of aromatic nitrogens is 2. The van der Waals surface area contributed by atoms with Crippen molar-refractivity contribution in [1.29, 1.82) is 0 Å². The van der Waals surface area contributed by atoms with E-state index in [9.17, 15) is 4.79 Å². The third kappa shape index (κ3) is 5.89. The molecule has 0 spiro atoms. The van der Waals surface area contributed by atoms with Gasteiger partial charge in [0.15, 0.2) is 16.3 Å². The summed E-state index contributed by atoms with van der Waals surface area (Å²) in [7, 11) is 0. The average Bonchev–Trinajstić information content (AvgIpc) is 3.55. The molecule has 10 heteroatoms. The van der Waals surface area contributed by atoms with E-state index in [4.69, 9.17) is 44.3 Å². The topological polar surface area (TPSA) is 93.2 Å². The smallest absolute Gasteiger partial charge is 0.250 e. The molecule has 5 rings (SSSR count). The second-order valence-corrected chi connectivity index (χ2v) is 9.04. The van der Waals surface area contributed by atoms with Crippen LogP contribution in [0.5, 0.6) is 0 Å². The Morgan fingerprint density at radius 3 is 2.65 bits per heavy atom. The van der Waals surface area contributed by atoms with E-state index < -0.39 is 5.91 Å². The Balaban J connectivity index is 1.12. The SMILES string of the molecule is O=C(/C=C/c1ccc(-c2cccc(Cl)c2Cl)o1)NC(=S)NCc1ccc(-c2nc3ncccc3o2)cc1. The van der Waals surface area contributed by atoms with Gasteiger partial charge in [0.05, 0.1) is 10.0 Å².